The molecule has 0 spiro atoms. The lowest BCUT2D eigenvalue weighted by Gasteiger charge is -2.14. The van der Waals surface area contributed by atoms with Crippen LogP contribution >= 0.6 is 12.2 Å². The van der Waals surface area contributed by atoms with Crippen LogP contribution in [0.3, 0.4) is 0 Å². The number of methoxy groups -OCH3 is 1. The van der Waals surface area contributed by atoms with Gasteiger partial charge >= 0.3 is 0 Å². The minimum absolute atomic E-state index is 0.561. The minimum atomic E-state index is 0.561. The topological polar surface area (TPSA) is 46.2 Å². The number of hydrogen-bond acceptors (Lipinski definition) is 3. The van der Waals surface area contributed by atoms with Gasteiger partial charge in [-0.3, -0.25) is 4.98 Å². The Labute approximate surface area is 124 Å². The first-order valence-corrected chi connectivity index (χ1v) is 6.68. The fraction of sp³-hybridized carbons (Fsp3) is 0.200. The number of pyridine rings is 1. The summed E-state index contributed by atoms with van der Waals surface area (Å²) in [5.41, 5.74) is 3.13. The second kappa shape index (κ2) is 6.86. The van der Waals surface area contributed by atoms with Crippen LogP contribution in [0.25, 0.3) is 0 Å². The quantitative estimate of drug-likeness (QED) is 0.847. The highest BCUT2D eigenvalue weighted by Crippen LogP contribution is 2.24. The van der Waals surface area contributed by atoms with Gasteiger partial charge in [0.05, 0.1) is 12.8 Å². The first kappa shape index (κ1) is 14.3. The predicted molar refractivity (Wildman–Crippen MR) is 85.0 cm³/mol. The number of ether oxygens (including phenoxy) is 1. The van der Waals surface area contributed by atoms with Gasteiger partial charge in [0.1, 0.15) is 5.75 Å². The number of nitrogens with zero attached hydrogens (tertiary/aromatic N) is 1. The molecule has 0 bridgehead atoms. The third-order valence-corrected chi connectivity index (χ3v) is 3.05. The van der Waals surface area contributed by atoms with Crippen LogP contribution in [0.5, 0.6) is 5.75 Å². The summed E-state index contributed by atoms with van der Waals surface area (Å²) in [4.78, 5) is 3.98. The van der Waals surface area contributed by atoms with E-state index in [-0.39, 0.29) is 0 Å². The summed E-state index contributed by atoms with van der Waals surface area (Å²) in [6.07, 6.45) is 3.52. The minimum Gasteiger partial charge on any atom is -0.495 e. The highest BCUT2D eigenvalue weighted by atomic mass is 32.1. The van der Waals surface area contributed by atoms with Crippen molar-refractivity contribution in [3.8, 4) is 5.75 Å². The van der Waals surface area contributed by atoms with Crippen LogP contribution in [0.1, 0.15) is 11.1 Å². The normalized spacial score (nSPS) is 9.90. The lowest BCUT2D eigenvalue weighted by molar-refractivity contribution is 0.417. The summed E-state index contributed by atoms with van der Waals surface area (Å²) >= 11 is 5.29. The molecule has 4 nitrogen and oxygen atoms in total. The van der Waals surface area contributed by atoms with Gasteiger partial charge in [-0.2, -0.15) is 0 Å². The van der Waals surface area contributed by atoms with Crippen molar-refractivity contribution in [1.29, 1.82) is 0 Å². The molecule has 0 saturated heterocycles. The maximum absolute atomic E-state index is 5.31. The van der Waals surface area contributed by atoms with Crippen molar-refractivity contribution in [2.24, 2.45) is 0 Å². The first-order valence-electron chi connectivity index (χ1n) is 6.27. The smallest absolute Gasteiger partial charge is 0.171 e. The maximum atomic E-state index is 5.31. The summed E-state index contributed by atoms with van der Waals surface area (Å²) < 4.78 is 5.31. The Kier molecular flexibility index (Phi) is 4.90. The molecule has 0 aliphatic rings. The summed E-state index contributed by atoms with van der Waals surface area (Å²) in [5, 5.41) is 6.87. The van der Waals surface area contributed by atoms with Crippen molar-refractivity contribution < 1.29 is 4.74 Å². The number of anilines is 1. The molecule has 2 aromatic rings. The molecule has 0 fully saturated rings. The lowest BCUT2D eigenvalue weighted by atomic mass is 10.2. The van der Waals surface area contributed by atoms with E-state index in [1.807, 2.05) is 37.3 Å². The summed E-state index contributed by atoms with van der Waals surface area (Å²) in [7, 11) is 1.64. The average molecular weight is 287 g/mol. The molecule has 20 heavy (non-hydrogen) atoms. The van der Waals surface area contributed by atoms with Crippen LogP contribution in [0.4, 0.5) is 5.69 Å². The van der Waals surface area contributed by atoms with Gasteiger partial charge in [0.2, 0.25) is 0 Å². The number of hydrogen-bond donors (Lipinski definition) is 2. The Bertz CT molecular complexity index is 587. The fourth-order valence-corrected chi connectivity index (χ4v) is 1.95. The molecule has 2 N–H and O–H groups in total. The Morgan fingerprint density at radius 3 is 2.70 bits per heavy atom. The van der Waals surface area contributed by atoms with Gasteiger partial charge in [-0.05, 0) is 54.5 Å². The van der Waals surface area contributed by atoms with E-state index in [4.69, 9.17) is 17.0 Å². The number of aryl methyl sites for hydroxylation is 1. The second-order valence-electron chi connectivity index (χ2n) is 4.37. The van der Waals surface area contributed by atoms with E-state index < -0.39 is 0 Å². The molecule has 0 amide bonds. The van der Waals surface area contributed by atoms with Crippen molar-refractivity contribution in [3.05, 3.63) is 53.9 Å². The largest absolute Gasteiger partial charge is 0.495 e. The first-order chi connectivity index (χ1) is 9.69. The molecule has 0 unspecified atom stereocenters. The van der Waals surface area contributed by atoms with Crippen molar-refractivity contribution in [1.82, 2.24) is 10.3 Å². The molecular weight excluding hydrogens is 270 g/mol. The number of aromatic nitrogens is 1. The molecule has 0 aliphatic carbocycles. The van der Waals surface area contributed by atoms with Crippen LogP contribution in [-0.2, 0) is 6.54 Å². The van der Waals surface area contributed by atoms with Crippen LogP contribution in [0, 0.1) is 6.92 Å². The Balaban J connectivity index is 1.96. The van der Waals surface area contributed by atoms with Crippen molar-refractivity contribution >= 4 is 23.0 Å². The van der Waals surface area contributed by atoms with Crippen LogP contribution < -0.4 is 15.4 Å². The van der Waals surface area contributed by atoms with E-state index >= 15 is 0 Å². The molecule has 1 aromatic carbocycles. The van der Waals surface area contributed by atoms with Crippen LogP contribution in [-0.4, -0.2) is 17.2 Å². The van der Waals surface area contributed by atoms with Gasteiger partial charge in [-0.1, -0.05) is 6.07 Å². The molecule has 5 heteroatoms. The van der Waals surface area contributed by atoms with E-state index in [1.165, 1.54) is 0 Å². The second-order valence-corrected chi connectivity index (χ2v) is 4.78. The molecule has 0 saturated carbocycles. The van der Waals surface area contributed by atoms with Crippen molar-refractivity contribution in [3.63, 3.8) is 0 Å². The molecule has 1 aromatic heterocycles. The highest BCUT2D eigenvalue weighted by molar-refractivity contribution is 7.80. The van der Waals surface area contributed by atoms with Crippen molar-refractivity contribution in [2.45, 2.75) is 13.5 Å². The van der Waals surface area contributed by atoms with Gasteiger partial charge in [-0.25, -0.2) is 0 Å². The molecule has 0 atom stereocenters. The van der Waals surface area contributed by atoms with Gasteiger partial charge in [0.15, 0.2) is 5.11 Å². The molecule has 0 radical (unpaired) electrons. The predicted octanol–water partition coefficient (Wildman–Crippen LogP) is 2.89. The van der Waals surface area contributed by atoms with E-state index in [0.29, 0.717) is 11.7 Å². The number of nitrogens with one attached hydrogen (secondary N) is 2. The van der Waals surface area contributed by atoms with Crippen LogP contribution in [0.15, 0.2) is 42.7 Å². The van der Waals surface area contributed by atoms with E-state index in [9.17, 15) is 0 Å². The van der Waals surface area contributed by atoms with Gasteiger partial charge in [0, 0.05) is 18.9 Å². The Morgan fingerprint density at radius 1 is 1.25 bits per heavy atom. The Morgan fingerprint density at radius 2 is 2.00 bits per heavy atom. The molecule has 2 rings (SSSR count). The molecule has 0 aliphatic heterocycles. The fourth-order valence-electron chi connectivity index (χ4n) is 1.77. The third-order valence-electron chi connectivity index (χ3n) is 2.81. The van der Waals surface area contributed by atoms with E-state index in [2.05, 4.69) is 15.6 Å². The zero-order valence-electron chi connectivity index (χ0n) is 11.5. The standard InChI is InChI=1S/C15H17N3OS/c1-11-3-4-14(19-2)13(9-11)18-15(20)17-10-12-5-7-16-8-6-12/h3-9H,10H2,1-2H3,(H2,17,18,20). The summed E-state index contributed by atoms with van der Waals surface area (Å²) in [6.45, 7) is 2.68. The van der Waals surface area contributed by atoms with Gasteiger partial charge < -0.3 is 15.4 Å². The maximum Gasteiger partial charge on any atom is 0.171 e. The van der Waals surface area contributed by atoms with Crippen molar-refractivity contribution in [2.75, 3.05) is 12.4 Å². The summed E-state index contributed by atoms with van der Waals surface area (Å²) in [6, 6.07) is 9.81. The molecular formula is C15H17N3OS. The lowest BCUT2D eigenvalue weighted by Crippen LogP contribution is -2.28. The van der Waals surface area contributed by atoms with Crippen LogP contribution in [0.2, 0.25) is 0 Å². The van der Waals surface area contributed by atoms with Gasteiger partial charge in [-0.15, -0.1) is 0 Å². The summed E-state index contributed by atoms with van der Waals surface area (Å²) in [5.74, 6) is 0.767. The van der Waals surface area contributed by atoms with Gasteiger partial charge in [0.25, 0.3) is 0 Å². The van der Waals surface area contributed by atoms with E-state index in [1.54, 1.807) is 19.5 Å². The number of thiocarbonyl (C=S) groups is 1. The monoisotopic (exact) mass is 287 g/mol. The highest BCUT2D eigenvalue weighted by Gasteiger charge is 2.05. The SMILES string of the molecule is COc1ccc(C)cc1NC(=S)NCc1ccncc1. The molecule has 1 heterocycles. The third kappa shape index (κ3) is 3.93. The zero-order valence-corrected chi connectivity index (χ0v) is 12.3. The van der Waals surface area contributed by atoms with E-state index in [0.717, 1.165) is 22.6 Å². The Hall–Kier alpha value is -2.14. The zero-order chi connectivity index (χ0) is 14.4. The number of benzene rings is 1. The average Bonchev–Trinajstić information content (AvgIpc) is 2.46. The number of rotatable bonds is 4. The molecule has 104 valence electrons.